The summed E-state index contributed by atoms with van der Waals surface area (Å²) in [6, 6.07) is 1.95. The molecule has 5 aliphatic heterocycles. The van der Waals surface area contributed by atoms with Crippen molar-refractivity contribution in [2.75, 3.05) is 0 Å². The second-order valence-corrected chi connectivity index (χ2v) is 11.9. The van der Waals surface area contributed by atoms with Crippen molar-refractivity contribution in [3.05, 3.63) is 104 Å². The van der Waals surface area contributed by atoms with Crippen LogP contribution < -0.4 is 5.32 Å². The van der Waals surface area contributed by atoms with Crippen LogP contribution >= 0.6 is 0 Å². The fourth-order valence-electron chi connectivity index (χ4n) is 7.12. The van der Waals surface area contributed by atoms with Gasteiger partial charge in [0.25, 0.3) is 0 Å². The lowest BCUT2D eigenvalue weighted by atomic mass is 9.86. The van der Waals surface area contributed by atoms with Gasteiger partial charge in [0.15, 0.2) is 0 Å². The van der Waals surface area contributed by atoms with Crippen LogP contribution in [0, 0.1) is 11.8 Å². The monoisotopic (exact) mass is 574 g/mol. The zero-order chi connectivity index (χ0) is 30.2. The first-order chi connectivity index (χ1) is 20.7. The van der Waals surface area contributed by atoms with Gasteiger partial charge in [-0.25, -0.2) is 15.0 Å². The highest BCUT2D eigenvalue weighted by Crippen LogP contribution is 2.46. The summed E-state index contributed by atoms with van der Waals surface area (Å²) < 4.78 is 0. The van der Waals surface area contributed by atoms with Gasteiger partial charge < -0.3 is 15.5 Å². The van der Waals surface area contributed by atoms with Gasteiger partial charge in [-0.15, -0.1) is 0 Å². The van der Waals surface area contributed by atoms with Crippen LogP contribution in [0.3, 0.4) is 0 Å². The van der Waals surface area contributed by atoms with Gasteiger partial charge in [0.2, 0.25) is 0 Å². The number of carbonyl (C=O) groups is 1. The van der Waals surface area contributed by atoms with E-state index in [0.29, 0.717) is 18.6 Å². The molecule has 0 saturated carbocycles. The molecular weight excluding hydrogens is 540 g/mol. The maximum atomic E-state index is 11.7. The van der Waals surface area contributed by atoms with E-state index >= 15 is 0 Å². The lowest BCUT2D eigenvalue weighted by Crippen LogP contribution is -2.15. The van der Waals surface area contributed by atoms with Gasteiger partial charge in [0.1, 0.15) is 5.76 Å². The summed E-state index contributed by atoms with van der Waals surface area (Å²) in [6.07, 6.45) is 9.61. The maximum absolute atomic E-state index is 11.7. The molecule has 0 amide bonds. The number of rotatable bonds is 5. The van der Waals surface area contributed by atoms with E-state index in [0.717, 1.165) is 96.7 Å². The molecule has 1 aliphatic carbocycles. The Balaban J connectivity index is 1.49. The summed E-state index contributed by atoms with van der Waals surface area (Å²) in [5.74, 6) is -0.587. The fourth-order valence-corrected chi connectivity index (χ4v) is 7.12. The molecule has 6 heterocycles. The molecular formula is C34H34N6O3. The minimum absolute atomic E-state index is 0.0122. The molecule has 0 unspecified atom stereocenters. The third-order valence-corrected chi connectivity index (χ3v) is 9.49. The predicted molar refractivity (Wildman–Crippen MR) is 167 cm³/mol. The van der Waals surface area contributed by atoms with Crippen LogP contribution in [0.1, 0.15) is 66.0 Å². The number of aliphatic imine (C=N–C) groups is 3. The van der Waals surface area contributed by atoms with Crippen LogP contribution in [0.15, 0.2) is 113 Å². The number of hydrogen-bond donors (Lipinski definition) is 4. The Kier molecular flexibility index (Phi) is 6.23. The molecule has 0 spiro atoms. The highest BCUT2D eigenvalue weighted by molar-refractivity contribution is 6.22. The van der Waals surface area contributed by atoms with Gasteiger partial charge in [0.05, 0.1) is 39.9 Å². The minimum atomic E-state index is -0.825. The van der Waals surface area contributed by atoms with Crippen molar-refractivity contribution in [2.24, 2.45) is 26.8 Å². The van der Waals surface area contributed by atoms with E-state index in [9.17, 15) is 15.0 Å². The number of carboxylic acids is 1. The molecule has 1 fully saturated rings. The second kappa shape index (κ2) is 9.90. The van der Waals surface area contributed by atoms with E-state index in [4.69, 9.17) is 15.0 Å². The Morgan fingerprint density at radius 2 is 1.77 bits per heavy atom. The van der Waals surface area contributed by atoms with Crippen molar-refractivity contribution in [1.82, 2.24) is 15.5 Å². The van der Waals surface area contributed by atoms with E-state index in [1.165, 1.54) is 0 Å². The van der Waals surface area contributed by atoms with Gasteiger partial charge in [-0.1, -0.05) is 13.8 Å². The van der Waals surface area contributed by atoms with E-state index in [2.05, 4.69) is 55.4 Å². The topological polar surface area (TPSA) is 135 Å². The van der Waals surface area contributed by atoms with Crippen molar-refractivity contribution in [3.63, 3.8) is 0 Å². The average Bonchev–Trinajstić information content (AvgIpc) is 3.79. The molecule has 8 bridgehead atoms. The third-order valence-electron chi connectivity index (χ3n) is 9.49. The first-order valence-corrected chi connectivity index (χ1v) is 14.8. The number of aliphatic hydroxyl groups excluding tert-OH is 1. The molecule has 2 atom stereocenters. The lowest BCUT2D eigenvalue weighted by Gasteiger charge is -2.17. The first kappa shape index (κ1) is 27.1. The summed E-state index contributed by atoms with van der Waals surface area (Å²) in [4.78, 5) is 26.9. The van der Waals surface area contributed by atoms with E-state index in [1.807, 2.05) is 19.1 Å². The number of fused-ring (bicyclic) bond motifs is 5. The Morgan fingerprint density at radius 3 is 2.49 bits per heavy atom. The molecule has 0 aromatic carbocycles. The molecule has 6 aliphatic rings. The number of aromatic amines is 1. The normalized spacial score (nSPS) is 24.5. The molecule has 1 aromatic rings. The Bertz CT molecular complexity index is 1860. The molecule has 9 nitrogen and oxygen atoms in total. The van der Waals surface area contributed by atoms with Crippen molar-refractivity contribution in [2.45, 2.75) is 60.3 Å². The summed E-state index contributed by atoms with van der Waals surface area (Å²) in [5.41, 5.74) is 14.6. The van der Waals surface area contributed by atoms with Crippen molar-refractivity contribution < 1.29 is 15.0 Å². The van der Waals surface area contributed by atoms with Gasteiger partial charge in [-0.3, -0.25) is 9.89 Å². The van der Waals surface area contributed by atoms with Gasteiger partial charge in [-0.05, 0) is 80.2 Å². The van der Waals surface area contributed by atoms with Crippen molar-refractivity contribution >= 4 is 28.7 Å². The standard InChI is InChI=1S/C34H34N6O3/c1-6-19-15(2)23-14-28-31(22-9-10-35-40-22)17(4)25(37-28)12-24-16(3)20(7-8-30(42)43)33(38-24)21-11-29(41)32-18(5)26(39-34(21)32)13-27(19)36-23/h9-10,12-14,16,20,38,41H,6-8,11H2,1-5H3,(H,35,40)(H,42,43)/t16-,20-/m0/s1. The van der Waals surface area contributed by atoms with Crippen LogP contribution in [0.4, 0.5) is 0 Å². The lowest BCUT2D eigenvalue weighted by molar-refractivity contribution is -0.137. The number of aliphatic hydroxyl groups is 1. The number of hydrogen-bond acceptors (Lipinski definition) is 7. The molecule has 218 valence electrons. The highest BCUT2D eigenvalue weighted by Gasteiger charge is 2.41. The van der Waals surface area contributed by atoms with E-state index in [1.54, 1.807) is 6.20 Å². The number of nitrogens with one attached hydrogen (secondary N) is 2. The SMILES string of the molecule is CCC1=C(C)C2=NC1=CC1=C(C)C3=C(O)CC(=C4NC(=CC5=NC(=C2)C(c2ccn[nH]2)=C5C)[C@@H](C)[C@@H]4CCC(=O)O)C3=N1. The summed E-state index contributed by atoms with van der Waals surface area (Å²) >= 11 is 0. The van der Waals surface area contributed by atoms with E-state index < -0.39 is 5.97 Å². The maximum Gasteiger partial charge on any atom is 0.303 e. The molecule has 4 N–H and O–H groups in total. The van der Waals surface area contributed by atoms with Crippen molar-refractivity contribution in [3.8, 4) is 0 Å². The van der Waals surface area contributed by atoms with Gasteiger partial charge >= 0.3 is 5.97 Å². The highest BCUT2D eigenvalue weighted by atomic mass is 16.4. The summed E-state index contributed by atoms with van der Waals surface area (Å²) in [6.45, 7) is 10.4. The number of allylic oxidation sites excluding steroid dienone is 12. The molecule has 0 radical (unpaired) electrons. The molecule has 1 saturated heterocycles. The minimum Gasteiger partial charge on any atom is -0.511 e. The van der Waals surface area contributed by atoms with Crippen LogP contribution in [0.25, 0.3) is 5.57 Å². The molecule has 43 heavy (non-hydrogen) atoms. The summed E-state index contributed by atoms with van der Waals surface area (Å²) in [7, 11) is 0. The van der Waals surface area contributed by atoms with Gasteiger partial charge in [0, 0.05) is 59.0 Å². The fraction of sp³-hybridized carbons (Fsp3) is 0.324. The first-order valence-electron chi connectivity index (χ1n) is 14.8. The number of aliphatic carboxylic acids is 1. The Morgan fingerprint density at radius 1 is 1.00 bits per heavy atom. The second-order valence-electron chi connectivity index (χ2n) is 11.9. The van der Waals surface area contributed by atoms with Crippen LogP contribution in [-0.2, 0) is 4.79 Å². The van der Waals surface area contributed by atoms with Gasteiger partial charge in [-0.2, -0.15) is 5.10 Å². The quantitative estimate of drug-likeness (QED) is 0.323. The van der Waals surface area contributed by atoms with Crippen molar-refractivity contribution in [1.29, 1.82) is 0 Å². The molecule has 7 rings (SSSR count). The van der Waals surface area contributed by atoms with Crippen LogP contribution in [-0.4, -0.2) is 43.5 Å². The number of nitrogens with zero attached hydrogens (tertiary/aromatic N) is 4. The predicted octanol–water partition coefficient (Wildman–Crippen LogP) is 6.40. The number of carboxylic acid groups (broad SMARTS) is 1. The third kappa shape index (κ3) is 4.17. The largest absolute Gasteiger partial charge is 0.511 e. The summed E-state index contributed by atoms with van der Waals surface area (Å²) in [5, 5.41) is 31.7. The molecule has 1 aromatic heterocycles. The van der Waals surface area contributed by atoms with Crippen LogP contribution in [0.2, 0.25) is 0 Å². The zero-order valence-electron chi connectivity index (χ0n) is 25.0. The smallest absolute Gasteiger partial charge is 0.303 e. The number of aromatic nitrogens is 2. The van der Waals surface area contributed by atoms with Crippen LogP contribution in [0.5, 0.6) is 0 Å². The Hall–Kier alpha value is -4.79. The average molecular weight is 575 g/mol. The van der Waals surface area contributed by atoms with E-state index in [-0.39, 0.29) is 18.3 Å². The Labute approximate surface area is 250 Å². The zero-order valence-corrected chi connectivity index (χ0v) is 25.0. The molecule has 9 heteroatoms. The number of H-pyrrole nitrogens is 1.